The first kappa shape index (κ1) is 7.66. The van der Waals surface area contributed by atoms with Gasteiger partial charge in [-0.25, -0.2) is 0 Å². The SMILES string of the molecule is CC[C@@H]1CCc2ccccc2N1. The monoisotopic (exact) mass is 161 g/mol. The number of anilines is 1. The minimum Gasteiger partial charge on any atom is -0.382 e. The quantitative estimate of drug-likeness (QED) is 0.667. The maximum Gasteiger partial charge on any atom is 0.0374 e. The Morgan fingerprint density at radius 1 is 1.42 bits per heavy atom. The van der Waals surface area contributed by atoms with E-state index in [1.54, 1.807) is 0 Å². The fourth-order valence-electron chi connectivity index (χ4n) is 1.81. The van der Waals surface area contributed by atoms with Crippen LogP contribution in [-0.4, -0.2) is 6.04 Å². The molecule has 0 saturated carbocycles. The average molecular weight is 161 g/mol. The fraction of sp³-hybridized carbons (Fsp3) is 0.455. The highest BCUT2D eigenvalue weighted by atomic mass is 14.9. The van der Waals surface area contributed by atoms with Crippen molar-refractivity contribution in [3.63, 3.8) is 0 Å². The van der Waals surface area contributed by atoms with Crippen LogP contribution in [0.1, 0.15) is 25.3 Å². The van der Waals surface area contributed by atoms with Gasteiger partial charge in [-0.15, -0.1) is 0 Å². The maximum atomic E-state index is 3.55. The van der Waals surface area contributed by atoms with Gasteiger partial charge in [-0.1, -0.05) is 25.1 Å². The number of hydrogen-bond acceptors (Lipinski definition) is 1. The molecule has 0 bridgehead atoms. The van der Waals surface area contributed by atoms with Crippen LogP contribution in [0.4, 0.5) is 5.69 Å². The highest BCUT2D eigenvalue weighted by molar-refractivity contribution is 5.53. The van der Waals surface area contributed by atoms with Gasteiger partial charge in [0.25, 0.3) is 0 Å². The minimum atomic E-state index is 0.694. The minimum absolute atomic E-state index is 0.694. The van der Waals surface area contributed by atoms with E-state index in [9.17, 15) is 0 Å². The Morgan fingerprint density at radius 2 is 2.25 bits per heavy atom. The summed E-state index contributed by atoms with van der Waals surface area (Å²) in [6.07, 6.45) is 3.75. The van der Waals surface area contributed by atoms with Crippen molar-refractivity contribution in [1.29, 1.82) is 0 Å². The molecule has 1 aromatic carbocycles. The number of benzene rings is 1. The molecular formula is C11H15N. The van der Waals surface area contributed by atoms with Crippen LogP contribution in [0.2, 0.25) is 0 Å². The molecule has 0 spiro atoms. The Kier molecular flexibility index (Phi) is 2.03. The zero-order chi connectivity index (χ0) is 8.39. The van der Waals surface area contributed by atoms with Crippen LogP contribution < -0.4 is 5.32 Å². The predicted molar refractivity (Wildman–Crippen MR) is 52.5 cm³/mol. The number of aryl methyl sites for hydroxylation is 1. The zero-order valence-electron chi connectivity index (χ0n) is 7.51. The number of fused-ring (bicyclic) bond motifs is 1. The third-order valence-electron chi connectivity index (χ3n) is 2.63. The lowest BCUT2D eigenvalue weighted by molar-refractivity contribution is 0.614. The summed E-state index contributed by atoms with van der Waals surface area (Å²) in [5, 5.41) is 3.55. The molecule has 64 valence electrons. The van der Waals surface area contributed by atoms with E-state index < -0.39 is 0 Å². The fourth-order valence-corrected chi connectivity index (χ4v) is 1.81. The van der Waals surface area contributed by atoms with Gasteiger partial charge in [0, 0.05) is 11.7 Å². The molecule has 1 aliphatic heterocycles. The van der Waals surface area contributed by atoms with E-state index in [2.05, 4.69) is 36.5 Å². The summed E-state index contributed by atoms with van der Waals surface area (Å²) in [4.78, 5) is 0. The molecule has 1 atom stereocenters. The summed E-state index contributed by atoms with van der Waals surface area (Å²) < 4.78 is 0. The summed E-state index contributed by atoms with van der Waals surface area (Å²) in [7, 11) is 0. The van der Waals surface area contributed by atoms with E-state index >= 15 is 0 Å². The predicted octanol–water partition coefficient (Wildman–Crippen LogP) is 2.82. The van der Waals surface area contributed by atoms with Crippen LogP contribution in [0.3, 0.4) is 0 Å². The third kappa shape index (κ3) is 1.31. The van der Waals surface area contributed by atoms with E-state index in [1.807, 2.05) is 0 Å². The lowest BCUT2D eigenvalue weighted by atomic mass is 9.97. The molecule has 1 heteroatoms. The third-order valence-corrected chi connectivity index (χ3v) is 2.63. The molecule has 0 fully saturated rings. The number of hydrogen-bond donors (Lipinski definition) is 1. The van der Waals surface area contributed by atoms with Gasteiger partial charge in [-0.2, -0.15) is 0 Å². The second kappa shape index (κ2) is 3.18. The molecule has 0 radical (unpaired) electrons. The van der Waals surface area contributed by atoms with Crippen molar-refractivity contribution in [3.8, 4) is 0 Å². The molecule has 2 rings (SSSR count). The van der Waals surface area contributed by atoms with Gasteiger partial charge < -0.3 is 5.32 Å². The molecule has 1 nitrogen and oxygen atoms in total. The zero-order valence-corrected chi connectivity index (χ0v) is 7.51. The highest BCUT2D eigenvalue weighted by Crippen LogP contribution is 2.24. The summed E-state index contributed by atoms with van der Waals surface area (Å²) >= 11 is 0. The van der Waals surface area contributed by atoms with E-state index in [1.165, 1.54) is 30.5 Å². The topological polar surface area (TPSA) is 12.0 Å². The van der Waals surface area contributed by atoms with Gasteiger partial charge in [-0.3, -0.25) is 0 Å². The Morgan fingerprint density at radius 3 is 3.08 bits per heavy atom. The van der Waals surface area contributed by atoms with Gasteiger partial charge in [0.15, 0.2) is 0 Å². The van der Waals surface area contributed by atoms with Crippen molar-refractivity contribution >= 4 is 5.69 Å². The Labute approximate surface area is 73.8 Å². The van der Waals surface area contributed by atoms with E-state index in [-0.39, 0.29) is 0 Å². The molecule has 0 saturated heterocycles. The Hall–Kier alpha value is -0.980. The summed E-state index contributed by atoms with van der Waals surface area (Å²) in [6.45, 7) is 2.24. The van der Waals surface area contributed by atoms with Crippen LogP contribution in [0.25, 0.3) is 0 Å². The van der Waals surface area contributed by atoms with Crippen molar-refractivity contribution in [2.45, 2.75) is 32.2 Å². The van der Waals surface area contributed by atoms with Crippen LogP contribution >= 0.6 is 0 Å². The number of rotatable bonds is 1. The molecule has 1 N–H and O–H groups in total. The Balaban J connectivity index is 2.23. The van der Waals surface area contributed by atoms with Gasteiger partial charge in [0.05, 0.1) is 0 Å². The molecule has 0 aliphatic carbocycles. The highest BCUT2D eigenvalue weighted by Gasteiger charge is 2.14. The largest absolute Gasteiger partial charge is 0.382 e. The first-order valence-electron chi connectivity index (χ1n) is 4.74. The lowest BCUT2D eigenvalue weighted by Gasteiger charge is -2.25. The summed E-state index contributed by atoms with van der Waals surface area (Å²) in [5.41, 5.74) is 2.82. The molecule has 12 heavy (non-hydrogen) atoms. The van der Waals surface area contributed by atoms with Crippen LogP contribution in [0, 0.1) is 0 Å². The van der Waals surface area contributed by atoms with E-state index in [0.29, 0.717) is 6.04 Å². The average Bonchev–Trinajstić information content (AvgIpc) is 2.17. The van der Waals surface area contributed by atoms with Crippen LogP contribution in [0.15, 0.2) is 24.3 Å². The second-order valence-corrected chi connectivity index (χ2v) is 3.45. The van der Waals surface area contributed by atoms with Crippen LogP contribution in [-0.2, 0) is 6.42 Å². The van der Waals surface area contributed by atoms with Crippen molar-refractivity contribution < 1.29 is 0 Å². The molecule has 1 aromatic rings. The first-order valence-corrected chi connectivity index (χ1v) is 4.74. The smallest absolute Gasteiger partial charge is 0.0374 e. The van der Waals surface area contributed by atoms with Gasteiger partial charge >= 0.3 is 0 Å². The molecule has 0 amide bonds. The summed E-state index contributed by atoms with van der Waals surface area (Å²) in [6, 6.07) is 9.31. The first-order chi connectivity index (χ1) is 5.90. The molecular weight excluding hydrogens is 146 g/mol. The normalized spacial score (nSPS) is 21.2. The van der Waals surface area contributed by atoms with Crippen molar-refractivity contribution in [2.75, 3.05) is 5.32 Å². The standard InChI is InChI=1S/C11H15N/c1-2-10-8-7-9-5-3-4-6-11(9)12-10/h3-6,10,12H,2,7-8H2,1H3/t10-/m1/s1. The summed E-state index contributed by atoms with van der Waals surface area (Å²) in [5.74, 6) is 0. The molecule has 0 aromatic heterocycles. The number of nitrogens with one attached hydrogen (secondary N) is 1. The molecule has 1 heterocycles. The maximum absolute atomic E-state index is 3.55. The van der Waals surface area contributed by atoms with Crippen molar-refractivity contribution in [1.82, 2.24) is 0 Å². The van der Waals surface area contributed by atoms with E-state index in [4.69, 9.17) is 0 Å². The van der Waals surface area contributed by atoms with Crippen molar-refractivity contribution in [2.24, 2.45) is 0 Å². The molecule has 1 aliphatic rings. The van der Waals surface area contributed by atoms with Crippen molar-refractivity contribution in [3.05, 3.63) is 29.8 Å². The lowest BCUT2D eigenvalue weighted by Crippen LogP contribution is -2.24. The van der Waals surface area contributed by atoms with Gasteiger partial charge in [-0.05, 0) is 30.9 Å². The van der Waals surface area contributed by atoms with Gasteiger partial charge in [0.1, 0.15) is 0 Å². The molecule has 0 unspecified atom stereocenters. The van der Waals surface area contributed by atoms with Crippen LogP contribution in [0.5, 0.6) is 0 Å². The second-order valence-electron chi connectivity index (χ2n) is 3.45. The van der Waals surface area contributed by atoms with E-state index in [0.717, 1.165) is 0 Å². The number of para-hydroxylation sites is 1. The Bertz CT molecular complexity index is 267. The van der Waals surface area contributed by atoms with Gasteiger partial charge in [0.2, 0.25) is 0 Å².